The van der Waals surface area contributed by atoms with Gasteiger partial charge in [0.05, 0.1) is 12.8 Å². The fraction of sp³-hybridized carbons (Fsp3) is 0.375. The van der Waals surface area contributed by atoms with Gasteiger partial charge < -0.3 is 20.3 Å². The third-order valence-corrected chi connectivity index (χ3v) is 6.61. The average molecular weight is 550 g/mol. The maximum absolute atomic E-state index is 12.4. The Morgan fingerprint density at radius 3 is 2.30 bits per heavy atom. The molecule has 0 saturated carbocycles. The highest BCUT2D eigenvalue weighted by atomic mass is 16.5. The predicted octanol–water partition coefficient (Wildman–Crippen LogP) is 6.42. The zero-order valence-corrected chi connectivity index (χ0v) is 23.8. The third-order valence-electron chi connectivity index (χ3n) is 6.61. The van der Waals surface area contributed by atoms with Crippen LogP contribution >= 0.6 is 0 Å². The summed E-state index contributed by atoms with van der Waals surface area (Å²) in [5.41, 5.74) is 5.42. The van der Waals surface area contributed by atoms with Crippen LogP contribution in [0.1, 0.15) is 66.7 Å². The Morgan fingerprint density at radius 2 is 1.70 bits per heavy atom. The standard InChI is InChI=1S/C32H39NO7/c1-21(11-16-27-23(3)10-7-17-32(27,4)5)8-6-9-22(2)18-29(35)33-24-12-14-25(15-13-24)40-26(20-30(36)37)19-28(34)31(38)39/h6,8-9,11-16,18,26H,7,10,17,19-20H2,1-5H3,(H,33,35)(H,36,37)(H,38,39). The van der Waals surface area contributed by atoms with Gasteiger partial charge in [-0.15, -0.1) is 0 Å². The van der Waals surface area contributed by atoms with Crippen LogP contribution in [0.5, 0.6) is 5.75 Å². The Hall–Kier alpha value is -4.20. The number of aliphatic carboxylic acids is 2. The lowest BCUT2D eigenvalue weighted by Crippen LogP contribution is -2.27. The zero-order valence-electron chi connectivity index (χ0n) is 23.8. The molecule has 1 atom stereocenters. The molecule has 3 N–H and O–H groups in total. The first-order chi connectivity index (χ1) is 18.8. The molecule has 2 rings (SSSR count). The Morgan fingerprint density at radius 1 is 1.02 bits per heavy atom. The number of Topliss-reactive ketones (excluding diaryl/α,β-unsaturated/α-hetero) is 1. The van der Waals surface area contributed by atoms with Gasteiger partial charge in [0, 0.05) is 11.8 Å². The number of carboxylic acids is 2. The van der Waals surface area contributed by atoms with E-state index < -0.39 is 36.7 Å². The SMILES string of the molecule is CC(C=CC1=C(C)CCCC1(C)C)=CC=CC(C)=CC(=O)Nc1ccc(OC(CC(=O)O)CC(=O)C(=O)O)cc1. The molecule has 8 nitrogen and oxygen atoms in total. The summed E-state index contributed by atoms with van der Waals surface area (Å²) < 4.78 is 5.49. The average Bonchev–Trinajstić information content (AvgIpc) is 2.84. The van der Waals surface area contributed by atoms with Gasteiger partial charge in [0.2, 0.25) is 11.7 Å². The largest absolute Gasteiger partial charge is 0.489 e. The molecule has 0 spiro atoms. The number of nitrogens with one attached hydrogen (secondary N) is 1. The number of ether oxygens (including phenoxy) is 1. The summed E-state index contributed by atoms with van der Waals surface area (Å²) in [6.45, 7) is 10.7. The van der Waals surface area contributed by atoms with Gasteiger partial charge in [-0.05, 0) is 80.9 Å². The van der Waals surface area contributed by atoms with Crippen molar-refractivity contribution in [1.82, 2.24) is 0 Å². The smallest absolute Gasteiger partial charge is 0.372 e. The Labute approximate surface area is 235 Å². The van der Waals surface area contributed by atoms with E-state index in [1.54, 1.807) is 12.1 Å². The monoisotopic (exact) mass is 549 g/mol. The Kier molecular flexibility index (Phi) is 11.9. The highest BCUT2D eigenvalue weighted by Gasteiger charge is 2.26. The van der Waals surface area contributed by atoms with Crippen LogP contribution in [0.2, 0.25) is 0 Å². The van der Waals surface area contributed by atoms with Gasteiger partial charge in [0.15, 0.2) is 0 Å². The molecule has 0 radical (unpaired) electrons. The molecule has 0 heterocycles. The van der Waals surface area contributed by atoms with Gasteiger partial charge in [-0.2, -0.15) is 0 Å². The molecule has 0 aromatic heterocycles. The number of anilines is 1. The van der Waals surface area contributed by atoms with Gasteiger partial charge in [-0.1, -0.05) is 55.4 Å². The summed E-state index contributed by atoms with van der Waals surface area (Å²) in [7, 11) is 0. The molecular weight excluding hydrogens is 510 g/mol. The quantitative estimate of drug-likeness (QED) is 0.147. The van der Waals surface area contributed by atoms with E-state index in [0.717, 1.165) is 17.6 Å². The van der Waals surface area contributed by atoms with E-state index in [2.05, 4.69) is 38.2 Å². The second kappa shape index (κ2) is 14.8. The second-order valence-corrected chi connectivity index (χ2v) is 10.7. The van der Waals surface area contributed by atoms with Crippen LogP contribution < -0.4 is 10.1 Å². The van der Waals surface area contributed by atoms with E-state index >= 15 is 0 Å². The molecule has 0 saturated heterocycles. The van der Waals surface area contributed by atoms with Crippen molar-refractivity contribution in [3.8, 4) is 5.75 Å². The summed E-state index contributed by atoms with van der Waals surface area (Å²) in [4.78, 5) is 45.7. The topological polar surface area (TPSA) is 130 Å². The molecule has 1 aromatic rings. The lowest BCUT2D eigenvalue weighted by molar-refractivity contribution is -0.150. The van der Waals surface area contributed by atoms with E-state index in [-0.39, 0.29) is 17.1 Å². The van der Waals surface area contributed by atoms with Gasteiger partial charge in [0.1, 0.15) is 11.9 Å². The molecule has 0 bridgehead atoms. The van der Waals surface area contributed by atoms with Crippen LogP contribution in [0.3, 0.4) is 0 Å². The van der Waals surface area contributed by atoms with Crippen molar-refractivity contribution in [2.45, 2.75) is 72.8 Å². The maximum Gasteiger partial charge on any atom is 0.372 e. The van der Waals surface area contributed by atoms with Crippen molar-refractivity contribution >= 4 is 29.3 Å². The fourth-order valence-corrected chi connectivity index (χ4v) is 4.52. The van der Waals surface area contributed by atoms with Crippen LogP contribution in [0.4, 0.5) is 5.69 Å². The minimum atomic E-state index is -1.65. The molecule has 0 aliphatic heterocycles. The molecule has 0 fully saturated rings. The molecule has 1 unspecified atom stereocenters. The van der Waals surface area contributed by atoms with Gasteiger partial charge in [-0.3, -0.25) is 14.4 Å². The normalized spacial score (nSPS) is 16.7. The number of carboxylic acid groups (broad SMARTS) is 2. The lowest BCUT2D eigenvalue weighted by atomic mass is 9.72. The number of ketones is 1. The summed E-state index contributed by atoms with van der Waals surface area (Å²) in [6.07, 6.45) is 12.9. The number of benzene rings is 1. The van der Waals surface area contributed by atoms with Gasteiger partial charge in [0.25, 0.3) is 0 Å². The molecular formula is C32H39NO7. The molecule has 1 aliphatic carbocycles. The second-order valence-electron chi connectivity index (χ2n) is 10.7. The first-order valence-electron chi connectivity index (χ1n) is 13.2. The third kappa shape index (κ3) is 10.9. The van der Waals surface area contributed by atoms with Crippen LogP contribution in [0, 0.1) is 5.41 Å². The lowest BCUT2D eigenvalue weighted by Gasteiger charge is -2.32. The number of carbonyl (C=O) groups is 4. The fourth-order valence-electron chi connectivity index (χ4n) is 4.52. The van der Waals surface area contributed by atoms with Crippen LogP contribution in [0.25, 0.3) is 0 Å². The van der Waals surface area contributed by atoms with Gasteiger partial charge >= 0.3 is 11.9 Å². The van der Waals surface area contributed by atoms with Crippen molar-refractivity contribution in [2.24, 2.45) is 5.41 Å². The van der Waals surface area contributed by atoms with Crippen LogP contribution in [-0.4, -0.2) is 39.9 Å². The minimum absolute atomic E-state index is 0.195. The molecule has 1 aromatic carbocycles. The van der Waals surface area contributed by atoms with Crippen LogP contribution in [0.15, 0.2) is 83.0 Å². The number of allylic oxidation sites excluding steroid dienone is 9. The summed E-state index contributed by atoms with van der Waals surface area (Å²) >= 11 is 0. The minimum Gasteiger partial charge on any atom is -0.489 e. The number of amides is 1. The number of hydrogen-bond donors (Lipinski definition) is 3. The predicted molar refractivity (Wildman–Crippen MR) is 155 cm³/mol. The number of carbonyl (C=O) groups excluding carboxylic acids is 2. The maximum atomic E-state index is 12.4. The van der Waals surface area contributed by atoms with Crippen molar-refractivity contribution in [2.75, 3.05) is 5.32 Å². The first kappa shape index (κ1) is 32.0. The highest BCUT2D eigenvalue weighted by molar-refractivity contribution is 6.32. The summed E-state index contributed by atoms with van der Waals surface area (Å²) in [5.74, 6) is -4.09. The Bertz CT molecular complexity index is 1260. The van der Waals surface area contributed by atoms with Crippen molar-refractivity contribution in [3.05, 3.63) is 83.0 Å². The summed E-state index contributed by atoms with van der Waals surface area (Å²) in [5, 5.41) is 20.5. The van der Waals surface area contributed by atoms with Gasteiger partial charge in [-0.25, -0.2) is 4.79 Å². The van der Waals surface area contributed by atoms with E-state index in [1.165, 1.54) is 42.2 Å². The van der Waals surface area contributed by atoms with E-state index in [9.17, 15) is 19.2 Å². The molecule has 8 heteroatoms. The summed E-state index contributed by atoms with van der Waals surface area (Å²) in [6, 6.07) is 6.12. The molecule has 1 amide bonds. The molecule has 214 valence electrons. The number of rotatable bonds is 13. The van der Waals surface area contributed by atoms with E-state index in [0.29, 0.717) is 5.69 Å². The highest BCUT2D eigenvalue weighted by Crippen LogP contribution is 2.40. The van der Waals surface area contributed by atoms with Crippen LogP contribution in [-0.2, 0) is 19.2 Å². The number of hydrogen-bond acceptors (Lipinski definition) is 5. The van der Waals surface area contributed by atoms with E-state index in [4.69, 9.17) is 14.9 Å². The molecule has 1 aliphatic rings. The van der Waals surface area contributed by atoms with Crippen molar-refractivity contribution in [3.63, 3.8) is 0 Å². The zero-order chi connectivity index (χ0) is 29.9. The van der Waals surface area contributed by atoms with Crippen molar-refractivity contribution in [1.29, 1.82) is 0 Å². The van der Waals surface area contributed by atoms with Crippen molar-refractivity contribution < 1.29 is 34.1 Å². The van der Waals surface area contributed by atoms with E-state index in [1.807, 2.05) is 32.1 Å². The first-order valence-corrected chi connectivity index (χ1v) is 13.2. The Balaban J connectivity index is 1.95. The molecule has 40 heavy (non-hydrogen) atoms.